The molecule has 2 aliphatic rings. The molecule has 4 nitrogen and oxygen atoms in total. The molecule has 138 valence electrons. The maximum Gasteiger partial charge on any atom is 0.264 e. The number of rotatable bonds is 3. The van der Waals surface area contributed by atoms with Gasteiger partial charge in [0, 0.05) is 18.0 Å². The van der Waals surface area contributed by atoms with Crippen molar-refractivity contribution in [3.8, 4) is 0 Å². The number of nitrogens with zero attached hydrogens (tertiary/aromatic N) is 2. The summed E-state index contributed by atoms with van der Waals surface area (Å²) < 4.78 is 0. The van der Waals surface area contributed by atoms with Gasteiger partial charge in [-0.15, -0.1) is 22.7 Å². The standard InChI is InChI=1S/C20H24N2O2S2/c1-2-15-14-9-13-26-17(14)8-11-22(15)19(23)16-6-3-4-10-21(16)20(24)18-7-5-12-25-18/h5,7,9,12-13,15-16H,2-4,6,8,10-11H2,1H3. The minimum Gasteiger partial charge on any atom is -0.333 e. The van der Waals surface area contributed by atoms with Gasteiger partial charge in [0.05, 0.1) is 10.9 Å². The lowest BCUT2D eigenvalue weighted by Gasteiger charge is -2.42. The van der Waals surface area contributed by atoms with E-state index in [1.807, 2.05) is 27.3 Å². The second kappa shape index (κ2) is 7.53. The summed E-state index contributed by atoms with van der Waals surface area (Å²) in [4.78, 5) is 32.4. The molecule has 0 aliphatic carbocycles. The van der Waals surface area contributed by atoms with E-state index in [0.717, 1.165) is 43.5 Å². The molecule has 2 amide bonds. The van der Waals surface area contributed by atoms with Gasteiger partial charge >= 0.3 is 0 Å². The Morgan fingerprint density at radius 2 is 2.00 bits per heavy atom. The van der Waals surface area contributed by atoms with E-state index in [-0.39, 0.29) is 23.9 Å². The fourth-order valence-electron chi connectivity index (χ4n) is 4.27. The molecule has 0 radical (unpaired) electrons. The maximum atomic E-state index is 13.5. The summed E-state index contributed by atoms with van der Waals surface area (Å²) in [6.07, 6.45) is 4.62. The summed E-state index contributed by atoms with van der Waals surface area (Å²) in [7, 11) is 0. The van der Waals surface area contributed by atoms with Crippen LogP contribution < -0.4 is 0 Å². The first-order valence-electron chi connectivity index (χ1n) is 9.42. The van der Waals surface area contributed by atoms with Crippen LogP contribution in [0.5, 0.6) is 0 Å². The van der Waals surface area contributed by atoms with Crippen molar-refractivity contribution in [2.24, 2.45) is 0 Å². The molecular formula is C20H24N2O2S2. The normalized spacial score (nSPS) is 23.0. The van der Waals surface area contributed by atoms with E-state index < -0.39 is 0 Å². The minimum absolute atomic E-state index is 0.0133. The van der Waals surface area contributed by atoms with E-state index in [0.29, 0.717) is 6.54 Å². The molecule has 2 aliphatic heterocycles. The number of fused-ring (bicyclic) bond motifs is 1. The van der Waals surface area contributed by atoms with Crippen LogP contribution in [0.2, 0.25) is 0 Å². The summed E-state index contributed by atoms with van der Waals surface area (Å²) in [6, 6.07) is 5.76. The minimum atomic E-state index is -0.312. The van der Waals surface area contributed by atoms with Gasteiger partial charge in [-0.2, -0.15) is 0 Å². The first-order chi connectivity index (χ1) is 12.7. The first kappa shape index (κ1) is 17.7. The van der Waals surface area contributed by atoms with Crippen LogP contribution in [-0.4, -0.2) is 40.7 Å². The van der Waals surface area contributed by atoms with Gasteiger partial charge in [-0.3, -0.25) is 9.59 Å². The van der Waals surface area contributed by atoms with Crippen LogP contribution >= 0.6 is 22.7 Å². The van der Waals surface area contributed by atoms with Crippen molar-refractivity contribution in [2.75, 3.05) is 13.1 Å². The number of hydrogen-bond acceptors (Lipinski definition) is 4. The van der Waals surface area contributed by atoms with Gasteiger partial charge in [0.15, 0.2) is 0 Å². The predicted octanol–water partition coefficient (Wildman–Crippen LogP) is 4.34. The zero-order valence-electron chi connectivity index (χ0n) is 15.0. The van der Waals surface area contributed by atoms with E-state index in [1.54, 1.807) is 11.3 Å². The SMILES string of the molecule is CCC1c2ccsc2CCN1C(=O)C1CCCCN1C(=O)c1cccs1. The zero-order valence-corrected chi connectivity index (χ0v) is 16.7. The smallest absolute Gasteiger partial charge is 0.264 e. The molecule has 2 atom stereocenters. The van der Waals surface area contributed by atoms with E-state index in [9.17, 15) is 9.59 Å². The van der Waals surface area contributed by atoms with Crippen LogP contribution in [0.15, 0.2) is 29.0 Å². The highest BCUT2D eigenvalue weighted by atomic mass is 32.1. The highest BCUT2D eigenvalue weighted by Crippen LogP contribution is 2.36. The number of hydrogen-bond donors (Lipinski definition) is 0. The number of piperidine rings is 1. The third kappa shape index (κ3) is 3.09. The summed E-state index contributed by atoms with van der Waals surface area (Å²) in [6.45, 7) is 3.59. The third-order valence-electron chi connectivity index (χ3n) is 5.55. The fraction of sp³-hybridized carbons (Fsp3) is 0.500. The third-order valence-corrected chi connectivity index (χ3v) is 7.40. The summed E-state index contributed by atoms with van der Waals surface area (Å²) >= 11 is 3.25. The average molecular weight is 389 g/mol. The van der Waals surface area contributed by atoms with Crippen LogP contribution in [0.25, 0.3) is 0 Å². The topological polar surface area (TPSA) is 40.6 Å². The Morgan fingerprint density at radius 3 is 2.77 bits per heavy atom. The van der Waals surface area contributed by atoms with E-state index in [2.05, 4.69) is 18.4 Å². The van der Waals surface area contributed by atoms with E-state index in [1.165, 1.54) is 21.8 Å². The zero-order chi connectivity index (χ0) is 18.1. The maximum absolute atomic E-state index is 13.5. The van der Waals surface area contributed by atoms with E-state index in [4.69, 9.17) is 0 Å². The van der Waals surface area contributed by atoms with Crippen LogP contribution in [0.4, 0.5) is 0 Å². The van der Waals surface area contributed by atoms with Gasteiger partial charge in [-0.25, -0.2) is 0 Å². The molecule has 4 heterocycles. The largest absolute Gasteiger partial charge is 0.333 e. The Morgan fingerprint density at radius 1 is 1.12 bits per heavy atom. The molecule has 0 spiro atoms. The molecule has 1 saturated heterocycles. The molecule has 1 fully saturated rings. The van der Waals surface area contributed by atoms with Crippen LogP contribution in [0.1, 0.15) is 58.8 Å². The van der Waals surface area contributed by atoms with Gasteiger partial charge in [0.2, 0.25) is 5.91 Å². The second-order valence-electron chi connectivity index (χ2n) is 6.99. The van der Waals surface area contributed by atoms with Crippen molar-refractivity contribution in [3.63, 3.8) is 0 Å². The van der Waals surface area contributed by atoms with Crippen molar-refractivity contribution in [3.05, 3.63) is 44.3 Å². The lowest BCUT2D eigenvalue weighted by Crippen LogP contribution is -2.54. The molecule has 0 aromatic carbocycles. The number of carbonyl (C=O) groups excluding carboxylic acids is 2. The number of carbonyl (C=O) groups is 2. The van der Waals surface area contributed by atoms with E-state index >= 15 is 0 Å². The Bertz CT molecular complexity index is 784. The van der Waals surface area contributed by atoms with Crippen molar-refractivity contribution in [1.82, 2.24) is 9.80 Å². The van der Waals surface area contributed by atoms with Crippen molar-refractivity contribution >= 4 is 34.5 Å². The molecule has 6 heteroatoms. The highest BCUT2D eigenvalue weighted by molar-refractivity contribution is 7.12. The predicted molar refractivity (Wildman–Crippen MR) is 106 cm³/mol. The number of thiophene rings is 2. The van der Waals surface area contributed by atoms with Crippen LogP contribution in [0.3, 0.4) is 0 Å². The highest BCUT2D eigenvalue weighted by Gasteiger charge is 2.39. The molecular weight excluding hydrogens is 364 g/mol. The Balaban J connectivity index is 1.58. The molecule has 2 aromatic heterocycles. The van der Waals surface area contributed by atoms with Gasteiger partial charge in [0.1, 0.15) is 6.04 Å². The Hall–Kier alpha value is -1.66. The lowest BCUT2D eigenvalue weighted by molar-refractivity contribution is -0.140. The Labute approximate surface area is 162 Å². The Kier molecular flexibility index (Phi) is 5.14. The van der Waals surface area contributed by atoms with Gasteiger partial charge in [-0.1, -0.05) is 13.0 Å². The molecule has 4 rings (SSSR count). The van der Waals surface area contributed by atoms with Gasteiger partial charge in [-0.05, 0) is 60.6 Å². The fourth-order valence-corrected chi connectivity index (χ4v) is 5.87. The molecule has 0 bridgehead atoms. The van der Waals surface area contributed by atoms with Gasteiger partial charge in [0.25, 0.3) is 5.91 Å². The molecule has 26 heavy (non-hydrogen) atoms. The summed E-state index contributed by atoms with van der Waals surface area (Å²) in [5, 5.41) is 4.05. The quantitative estimate of drug-likeness (QED) is 0.785. The first-order valence-corrected chi connectivity index (χ1v) is 11.2. The van der Waals surface area contributed by atoms with Crippen molar-refractivity contribution < 1.29 is 9.59 Å². The van der Waals surface area contributed by atoms with Crippen molar-refractivity contribution in [1.29, 1.82) is 0 Å². The summed E-state index contributed by atoms with van der Waals surface area (Å²) in [5.74, 6) is 0.151. The summed E-state index contributed by atoms with van der Waals surface area (Å²) in [5.41, 5.74) is 1.31. The van der Waals surface area contributed by atoms with Crippen molar-refractivity contribution in [2.45, 2.75) is 51.1 Å². The number of likely N-dealkylation sites (tertiary alicyclic amines) is 1. The van der Waals surface area contributed by atoms with Crippen LogP contribution in [-0.2, 0) is 11.2 Å². The molecule has 2 unspecified atom stereocenters. The molecule has 0 N–H and O–H groups in total. The average Bonchev–Trinajstić information content (AvgIpc) is 3.37. The molecule has 2 aromatic rings. The van der Waals surface area contributed by atoms with Crippen LogP contribution in [0, 0.1) is 0 Å². The second-order valence-corrected chi connectivity index (χ2v) is 8.94. The monoisotopic (exact) mass is 388 g/mol. The van der Waals surface area contributed by atoms with Gasteiger partial charge < -0.3 is 9.80 Å². The molecule has 0 saturated carbocycles. The number of amides is 2. The lowest BCUT2D eigenvalue weighted by atomic mass is 9.94.